The van der Waals surface area contributed by atoms with Crippen LogP contribution in [0.25, 0.3) is 5.69 Å². The molecule has 0 saturated carbocycles. The van der Waals surface area contributed by atoms with Crippen LogP contribution in [0.1, 0.15) is 42.4 Å². The summed E-state index contributed by atoms with van der Waals surface area (Å²) in [6, 6.07) is 24.1. The Morgan fingerprint density at radius 2 is 1.94 bits per heavy atom. The van der Waals surface area contributed by atoms with E-state index in [-0.39, 0.29) is 18.0 Å². The van der Waals surface area contributed by atoms with Gasteiger partial charge in [0, 0.05) is 46.0 Å². The lowest BCUT2D eigenvalue weighted by molar-refractivity contribution is -0.115. The second-order valence-electron chi connectivity index (χ2n) is 8.68. The summed E-state index contributed by atoms with van der Waals surface area (Å²) in [7, 11) is 0. The summed E-state index contributed by atoms with van der Waals surface area (Å²) in [5, 5.41) is 7.13. The molecule has 0 unspecified atom stereocenters. The number of amides is 1. The Bertz CT molecular complexity index is 1420. The molecule has 0 bridgehead atoms. The molecule has 1 aliphatic heterocycles. The number of benzene rings is 2. The average molecular weight is 561 g/mol. The van der Waals surface area contributed by atoms with Crippen LogP contribution in [0.2, 0.25) is 0 Å². The van der Waals surface area contributed by atoms with E-state index in [4.69, 9.17) is 12.2 Å². The van der Waals surface area contributed by atoms with E-state index in [1.54, 1.807) is 0 Å². The van der Waals surface area contributed by atoms with E-state index in [1.165, 1.54) is 0 Å². The first-order valence-electron chi connectivity index (χ1n) is 11.8. The molecular weight excluding hydrogens is 534 g/mol. The standard InChI is InChI=1S/C28H26BrN5OS/c1-3-25(35)31-22-13-12-21(16-18(22)2)34-27(26(32-28(34)36)23-10-4-5-14-30-23)24-11-7-15-33(24)20-9-6-8-19(29)17-20/h4-17,26-27H,3H2,1-2H3,(H,31,35)(H,32,36)/t26-,27+/m0/s1. The minimum atomic E-state index is -0.156. The van der Waals surface area contributed by atoms with Crippen molar-refractivity contribution in [2.75, 3.05) is 10.2 Å². The van der Waals surface area contributed by atoms with E-state index in [0.717, 1.165) is 38.5 Å². The van der Waals surface area contributed by atoms with Crippen molar-refractivity contribution in [3.8, 4) is 5.69 Å². The summed E-state index contributed by atoms with van der Waals surface area (Å²) < 4.78 is 3.20. The SMILES string of the molecule is CCC(=O)Nc1ccc(N2C(=S)N[C@@H](c3ccccn3)[C@H]2c2cccn2-c2cccc(Br)c2)cc1C. The molecule has 4 aromatic rings. The van der Waals surface area contributed by atoms with E-state index in [0.29, 0.717) is 11.5 Å². The fourth-order valence-electron chi connectivity index (χ4n) is 4.61. The number of carbonyl (C=O) groups is 1. The highest BCUT2D eigenvalue weighted by atomic mass is 79.9. The number of nitrogens with zero attached hydrogens (tertiary/aromatic N) is 3. The molecular formula is C28H26BrN5OS. The molecule has 182 valence electrons. The summed E-state index contributed by atoms with van der Waals surface area (Å²) >= 11 is 9.50. The third kappa shape index (κ3) is 4.66. The lowest BCUT2D eigenvalue weighted by atomic mass is 10.00. The van der Waals surface area contributed by atoms with Crippen LogP contribution < -0.4 is 15.5 Å². The molecule has 6 nitrogen and oxygen atoms in total. The second-order valence-corrected chi connectivity index (χ2v) is 9.98. The Morgan fingerprint density at radius 1 is 1.08 bits per heavy atom. The lowest BCUT2D eigenvalue weighted by Gasteiger charge is -2.29. The van der Waals surface area contributed by atoms with Gasteiger partial charge in [-0.3, -0.25) is 9.78 Å². The zero-order valence-corrected chi connectivity index (χ0v) is 22.4. The summed E-state index contributed by atoms with van der Waals surface area (Å²) in [4.78, 5) is 18.8. The highest BCUT2D eigenvalue weighted by molar-refractivity contribution is 9.10. The first-order valence-corrected chi connectivity index (χ1v) is 13.0. The quantitative estimate of drug-likeness (QED) is 0.265. The van der Waals surface area contributed by atoms with Gasteiger partial charge in [0.2, 0.25) is 5.91 Å². The number of anilines is 2. The van der Waals surface area contributed by atoms with E-state index in [1.807, 2.05) is 62.5 Å². The highest BCUT2D eigenvalue weighted by Gasteiger charge is 2.42. The number of hydrogen-bond donors (Lipinski definition) is 2. The third-order valence-corrected chi connectivity index (χ3v) is 7.16. The lowest BCUT2D eigenvalue weighted by Crippen LogP contribution is -2.30. The fourth-order valence-corrected chi connectivity index (χ4v) is 5.34. The molecule has 36 heavy (non-hydrogen) atoms. The largest absolute Gasteiger partial charge is 0.351 e. The molecule has 0 radical (unpaired) electrons. The van der Waals surface area contributed by atoms with Gasteiger partial charge in [-0.1, -0.05) is 35.0 Å². The number of thiocarbonyl (C=S) groups is 1. The molecule has 3 heterocycles. The predicted molar refractivity (Wildman–Crippen MR) is 152 cm³/mol. The van der Waals surface area contributed by atoms with E-state index >= 15 is 0 Å². The number of aryl methyl sites for hydroxylation is 1. The number of halogens is 1. The van der Waals surface area contributed by atoms with Gasteiger partial charge in [-0.2, -0.15) is 0 Å². The number of nitrogens with one attached hydrogen (secondary N) is 2. The molecule has 2 N–H and O–H groups in total. The van der Waals surface area contributed by atoms with Gasteiger partial charge in [0.15, 0.2) is 5.11 Å². The van der Waals surface area contributed by atoms with Crippen LogP contribution in [-0.2, 0) is 4.79 Å². The van der Waals surface area contributed by atoms with Crippen molar-refractivity contribution < 1.29 is 4.79 Å². The van der Waals surface area contributed by atoms with Crippen LogP contribution in [-0.4, -0.2) is 20.6 Å². The summed E-state index contributed by atoms with van der Waals surface area (Å²) in [6.07, 6.45) is 4.31. The number of pyridine rings is 1. The van der Waals surface area contributed by atoms with Gasteiger partial charge >= 0.3 is 0 Å². The normalized spacial score (nSPS) is 17.2. The monoisotopic (exact) mass is 559 g/mol. The molecule has 8 heteroatoms. The van der Waals surface area contributed by atoms with Gasteiger partial charge in [-0.15, -0.1) is 0 Å². The van der Waals surface area contributed by atoms with Gasteiger partial charge in [0.1, 0.15) is 6.04 Å². The molecule has 1 amide bonds. The summed E-state index contributed by atoms with van der Waals surface area (Å²) in [5.41, 5.74) is 5.77. The predicted octanol–water partition coefficient (Wildman–Crippen LogP) is 6.47. The van der Waals surface area contributed by atoms with Gasteiger partial charge < -0.3 is 20.1 Å². The topological polar surface area (TPSA) is 62.2 Å². The van der Waals surface area contributed by atoms with Gasteiger partial charge in [0.25, 0.3) is 0 Å². The van der Waals surface area contributed by atoms with Crippen molar-refractivity contribution in [2.45, 2.75) is 32.4 Å². The van der Waals surface area contributed by atoms with Crippen molar-refractivity contribution in [1.82, 2.24) is 14.9 Å². The smallest absolute Gasteiger partial charge is 0.224 e. The van der Waals surface area contributed by atoms with Crippen molar-refractivity contribution in [3.63, 3.8) is 0 Å². The Labute approximate surface area is 224 Å². The zero-order valence-electron chi connectivity index (χ0n) is 20.0. The number of rotatable bonds is 6. The first kappa shape index (κ1) is 24.2. The van der Waals surface area contributed by atoms with Gasteiger partial charge in [-0.05, 0) is 85.4 Å². The zero-order chi connectivity index (χ0) is 25.2. The molecule has 0 aliphatic carbocycles. The molecule has 1 fully saturated rings. The minimum absolute atomic E-state index is 0.0100. The number of aromatic nitrogens is 2. The van der Waals surface area contributed by atoms with Crippen molar-refractivity contribution >= 4 is 50.5 Å². The van der Waals surface area contributed by atoms with E-state index in [2.05, 4.69) is 77.5 Å². The third-order valence-electron chi connectivity index (χ3n) is 6.35. The van der Waals surface area contributed by atoms with Crippen molar-refractivity contribution in [1.29, 1.82) is 0 Å². The fraction of sp³-hybridized carbons (Fsp3) is 0.179. The maximum Gasteiger partial charge on any atom is 0.224 e. The van der Waals surface area contributed by atoms with Crippen LogP contribution in [0.3, 0.4) is 0 Å². The Kier molecular flexibility index (Phi) is 6.89. The highest BCUT2D eigenvalue weighted by Crippen LogP contribution is 2.43. The van der Waals surface area contributed by atoms with E-state index in [9.17, 15) is 4.79 Å². The Balaban J connectivity index is 1.62. The maximum atomic E-state index is 12.0. The van der Waals surface area contributed by atoms with Crippen molar-refractivity contribution in [3.05, 3.63) is 107 Å². The number of carbonyl (C=O) groups excluding carboxylic acids is 1. The van der Waals surface area contributed by atoms with Crippen LogP contribution >= 0.6 is 28.1 Å². The average Bonchev–Trinajstić information content (AvgIpc) is 3.50. The second kappa shape index (κ2) is 10.2. The minimum Gasteiger partial charge on any atom is -0.351 e. The molecule has 2 atom stereocenters. The van der Waals surface area contributed by atoms with Crippen LogP contribution in [0, 0.1) is 6.92 Å². The van der Waals surface area contributed by atoms with Crippen LogP contribution in [0.15, 0.2) is 89.7 Å². The number of hydrogen-bond acceptors (Lipinski definition) is 3. The molecule has 2 aromatic carbocycles. The summed E-state index contributed by atoms with van der Waals surface area (Å²) in [6.45, 7) is 3.84. The Hall–Kier alpha value is -3.49. The molecule has 1 aliphatic rings. The molecule has 5 rings (SSSR count). The molecule has 1 saturated heterocycles. The van der Waals surface area contributed by atoms with Gasteiger partial charge in [0.05, 0.1) is 11.7 Å². The van der Waals surface area contributed by atoms with Crippen LogP contribution in [0.5, 0.6) is 0 Å². The van der Waals surface area contributed by atoms with Crippen molar-refractivity contribution in [2.24, 2.45) is 0 Å². The van der Waals surface area contributed by atoms with Crippen LogP contribution in [0.4, 0.5) is 11.4 Å². The molecule has 0 spiro atoms. The molecule has 2 aromatic heterocycles. The maximum absolute atomic E-state index is 12.0. The first-order chi connectivity index (χ1) is 17.5. The Morgan fingerprint density at radius 3 is 2.67 bits per heavy atom. The summed E-state index contributed by atoms with van der Waals surface area (Å²) in [5.74, 6) is -0.0100. The van der Waals surface area contributed by atoms with Gasteiger partial charge in [-0.25, -0.2) is 0 Å². The van der Waals surface area contributed by atoms with E-state index < -0.39 is 0 Å².